The summed E-state index contributed by atoms with van der Waals surface area (Å²) in [6, 6.07) is 0. The summed E-state index contributed by atoms with van der Waals surface area (Å²) >= 11 is 0. The predicted octanol–water partition coefficient (Wildman–Crippen LogP) is 7.19. The minimum Gasteiger partial charge on any atom is -0.462 e. The molecule has 60 heavy (non-hydrogen) atoms. The van der Waals surface area contributed by atoms with E-state index in [1.54, 1.807) is 46.5 Å². The highest BCUT2D eigenvalue weighted by Gasteiger charge is 2.32. The minimum absolute atomic E-state index is 0.0559. The zero-order chi connectivity index (χ0) is 43.8. The average Bonchev–Trinajstić information content (AvgIpc) is 4.03. The SMILES string of the molecule is COC(CC1OC(=O)CC(O)CCCC(=O)C(C)C(OC)c2coc(n2)-c2coc(n2)-c2coc(n2)/C=C/CCC1C)C(C)CCC(=O)C(C)C(C/C=C/N(C)C=O)OC. The van der Waals surface area contributed by atoms with Crippen LogP contribution in [0.2, 0.25) is 0 Å². The zero-order valence-corrected chi connectivity index (χ0v) is 36.1. The molecule has 0 aliphatic carbocycles. The van der Waals surface area contributed by atoms with E-state index in [2.05, 4.69) is 15.0 Å². The van der Waals surface area contributed by atoms with Crippen LogP contribution in [0.4, 0.5) is 0 Å². The molecule has 0 radical (unpaired) electrons. The molecule has 1 N–H and O–H groups in total. The predicted molar refractivity (Wildman–Crippen MR) is 220 cm³/mol. The highest BCUT2D eigenvalue weighted by Crippen LogP contribution is 2.32. The van der Waals surface area contributed by atoms with E-state index in [1.165, 1.54) is 30.8 Å². The van der Waals surface area contributed by atoms with Crippen molar-refractivity contribution in [3.63, 3.8) is 0 Å². The summed E-state index contributed by atoms with van der Waals surface area (Å²) < 4.78 is 40.3. The molecule has 6 bridgehead atoms. The van der Waals surface area contributed by atoms with Gasteiger partial charge >= 0.3 is 5.97 Å². The number of carbonyl (C=O) groups excluding carboxylic acids is 4. The van der Waals surface area contributed by atoms with Gasteiger partial charge in [-0.3, -0.25) is 19.2 Å². The molecule has 330 valence electrons. The van der Waals surface area contributed by atoms with Gasteiger partial charge in [0.15, 0.2) is 11.4 Å². The molecule has 0 saturated heterocycles. The highest BCUT2D eigenvalue weighted by molar-refractivity contribution is 5.81. The number of hydrogen-bond donors (Lipinski definition) is 1. The number of aliphatic hydroxyl groups is 1. The Kier molecular flexibility index (Phi) is 19.1. The van der Waals surface area contributed by atoms with E-state index in [-0.39, 0.29) is 72.6 Å². The van der Waals surface area contributed by atoms with Crippen LogP contribution in [0.15, 0.2) is 50.4 Å². The third-order valence-corrected chi connectivity index (χ3v) is 11.3. The largest absolute Gasteiger partial charge is 0.462 e. The quantitative estimate of drug-likeness (QED) is 0.119. The first kappa shape index (κ1) is 47.9. The molecule has 1 aliphatic heterocycles. The van der Waals surface area contributed by atoms with Gasteiger partial charge in [0.05, 0.1) is 24.7 Å². The van der Waals surface area contributed by atoms with Gasteiger partial charge in [-0.2, -0.15) is 0 Å². The second-order valence-electron chi connectivity index (χ2n) is 15.8. The van der Waals surface area contributed by atoms with Gasteiger partial charge in [-0.25, -0.2) is 15.0 Å². The number of aliphatic hydroxyl groups excluding tert-OH is 1. The van der Waals surface area contributed by atoms with Gasteiger partial charge in [0.1, 0.15) is 48.3 Å². The maximum atomic E-state index is 13.4. The van der Waals surface area contributed by atoms with Crippen molar-refractivity contribution in [3.8, 4) is 23.2 Å². The van der Waals surface area contributed by atoms with E-state index >= 15 is 0 Å². The molecule has 0 spiro atoms. The third-order valence-electron chi connectivity index (χ3n) is 11.3. The normalized spacial score (nSPS) is 23.8. The smallest absolute Gasteiger partial charge is 0.308 e. The zero-order valence-electron chi connectivity index (χ0n) is 36.1. The summed E-state index contributed by atoms with van der Waals surface area (Å²) in [5.74, 6) is -0.952. The number of esters is 1. The number of methoxy groups -OCH3 is 3. The maximum Gasteiger partial charge on any atom is 0.308 e. The molecule has 3 aromatic rings. The lowest BCUT2D eigenvalue weighted by atomic mass is 9.86. The van der Waals surface area contributed by atoms with Crippen molar-refractivity contribution >= 4 is 30.0 Å². The molecule has 0 aromatic carbocycles. The van der Waals surface area contributed by atoms with Crippen LogP contribution in [0.1, 0.15) is 110 Å². The van der Waals surface area contributed by atoms with Gasteiger partial charge in [0, 0.05) is 65.7 Å². The number of ether oxygens (including phenoxy) is 4. The summed E-state index contributed by atoms with van der Waals surface area (Å²) in [7, 11) is 6.30. The Morgan fingerprint density at radius 1 is 0.983 bits per heavy atom. The van der Waals surface area contributed by atoms with Gasteiger partial charge < -0.3 is 42.2 Å². The number of carbonyl (C=O) groups is 4. The molecular formula is C44H62N4O12. The molecule has 9 unspecified atom stereocenters. The Hall–Kier alpha value is -4.77. The Labute approximate surface area is 352 Å². The van der Waals surface area contributed by atoms with Gasteiger partial charge in [-0.15, -0.1) is 0 Å². The van der Waals surface area contributed by atoms with Crippen LogP contribution in [-0.2, 0) is 38.1 Å². The first-order valence-electron chi connectivity index (χ1n) is 20.7. The maximum absolute atomic E-state index is 13.4. The molecule has 9 atom stereocenters. The van der Waals surface area contributed by atoms with Crippen molar-refractivity contribution in [2.45, 2.75) is 122 Å². The molecule has 0 fully saturated rings. The van der Waals surface area contributed by atoms with E-state index in [1.807, 2.05) is 26.8 Å². The van der Waals surface area contributed by atoms with Gasteiger partial charge in [0.2, 0.25) is 24.1 Å². The molecule has 1 aliphatic rings. The second kappa shape index (κ2) is 23.9. The summed E-state index contributed by atoms with van der Waals surface area (Å²) in [4.78, 5) is 65.6. The molecule has 1 amide bonds. The van der Waals surface area contributed by atoms with Crippen LogP contribution in [0, 0.1) is 23.7 Å². The summed E-state index contributed by atoms with van der Waals surface area (Å²) in [5, 5.41) is 10.9. The number of rotatable bonds is 15. The van der Waals surface area contributed by atoms with Gasteiger partial charge in [-0.1, -0.05) is 39.8 Å². The lowest BCUT2D eigenvalue weighted by Gasteiger charge is -2.31. The Morgan fingerprint density at radius 2 is 1.68 bits per heavy atom. The molecule has 4 rings (SSSR count). The number of amides is 1. The van der Waals surface area contributed by atoms with E-state index in [0.29, 0.717) is 74.3 Å². The lowest BCUT2D eigenvalue weighted by molar-refractivity contribution is -0.156. The summed E-state index contributed by atoms with van der Waals surface area (Å²) in [5.41, 5.74) is 1.12. The Morgan fingerprint density at radius 3 is 2.40 bits per heavy atom. The van der Waals surface area contributed by atoms with Crippen molar-refractivity contribution in [1.29, 1.82) is 0 Å². The summed E-state index contributed by atoms with van der Waals surface area (Å²) in [6.07, 6.45) is 12.6. The molecule has 16 heteroatoms. The van der Waals surface area contributed by atoms with E-state index < -0.39 is 30.2 Å². The topological polar surface area (TPSA) is 207 Å². The number of nitrogens with zero attached hydrogens (tertiary/aromatic N) is 4. The standard InChI is InChI=1S/C44H62N4O12/c1-27-13-9-10-17-40-45-33(24-57-40)43-47-34(25-59-43)44-46-32(23-58-44)42(56-8)30(4)35(51)15-11-14-31(50)21-41(53)60-39(27)22-38(55-7)28(2)18-19-36(52)29(3)37(54-6)16-12-20-48(5)26-49/h10,12,17,20,23-31,37-39,42,50H,9,11,13-16,18-19,21-22H2,1-8H3/b17-10+,20-12+. The molecule has 4 heterocycles. The number of oxazole rings is 3. The number of Topliss-reactive ketones (excluding diaryl/α,β-unsaturated/α-hetero) is 2. The Balaban J connectivity index is 1.47. The summed E-state index contributed by atoms with van der Waals surface area (Å²) in [6.45, 7) is 7.62. The van der Waals surface area contributed by atoms with Crippen molar-refractivity contribution in [2.24, 2.45) is 23.7 Å². The van der Waals surface area contributed by atoms with Crippen LogP contribution < -0.4 is 0 Å². The fourth-order valence-corrected chi connectivity index (χ4v) is 7.29. The van der Waals surface area contributed by atoms with Crippen LogP contribution in [0.5, 0.6) is 0 Å². The van der Waals surface area contributed by atoms with E-state index in [0.717, 1.165) is 0 Å². The number of aromatic nitrogens is 3. The molecule has 0 saturated carbocycles. The number of fused-ring (bicyclic) bond motifs is 8. The van der Waals surface area contributed by atoms with Crippen LogP contribution >= 0.6 is 0 Å². The first-order valence-corrected chi connectivity index (χ1v) is 20.7. The van der Waals surface area contributed by atoms with Crippen LogP contribution in [0.25, 0.3) is 29.2 Å². The van der Waals surface area contributed by atoms with Crippen molar-refractivity contribution in [3.05, 3.63) is 48.7 Å². The molecule has 3 aromatic heterocycles. The van der Waals surface area contributed by atoms with Crippen molar-refractivity contribution in [1.82, 2.24) is 19.9 Å². The highest BCUT2D eigenvalue weighted by atomic mass is 16.5. The molecular weight excluding hydrogens is 776 g/mol. The minimum atomic E-state index is -1.01. The van der Waals surface area contributed by atoms with Crippen molar-refractivity contribution in [2.75, 3.05) is 28.4 Å². The second-order valence-corrected chi connectivity index (χ2v) is 15.8. The average molecular weight is 839 g/mol. The fraction of sp³-hybridized carbons (Fsp3) is 0.614. The van der Waals surface area contributed by atoms with E-state index in [9.17, 15) is 24.3 Å². The van der Waals surface area contributed by atoms with Crippen LogP contribution in [-0.4, -0.2) is 102 Å². The fourth-order valence-electron chi connectivity index (χ4n) is 7.29. The first-order chi connectivity index (χ1) is 28.8. The number of allylic oxidation sites excluding steroid dienone is 1. The number of ketones is 2. The third kappa shape index (κ3) is 13.9. The van der Waals surface area contributed by atoms with E-state index in [4.69, 9.17) is 32.2 Å². The lowest BCUT2D eigenvalue weighted by Crippen LogP contribution is -2.34. The monoisotopic (exact) mass is 838 g/mol. The number of hydrogen-bond acceptors (Lipinski definition) is 15. The van der Waals surface area contributed by atoms with Crippen molar-refractivity contribution < 1.29 is 56.5 Å². The van der Waals surface area contributed by atoms with Crippen LogP contribution in [0.3, 0.4) is 0 Å². The molecule has 16 nitrogen and oxygen atoms in total. The number of cyclic esters (lactones) is 1. The van der Waals surface area contributed by atoms with Gasteiger partial charge in [0.25, 0.3) is 0 Å². The van der Waals surface area contributed by atoms with Gasteiger partial charge in [-0.05, 0) is 56.4 Å². The Bertz CT molecular complexity index is 1870.